The lowest BCUT2D eigenvalue weighted by atomic mass is 10.0. The van der Waals surface area contributed by atoms with Crippen molar-refractivity contribution in [2.24, 2.45) is 0 Å². The third-order valence-corrected chi connectivity index (χ3v) is 3.95. The maximum absolute atomic E-state index is 11.0. The molecule has 6 heteroatoms. The molecule has 1 aliphatic rings. The molecule has 1 aromatic rings. The van der Waals surface area contributed by atoms with E-state index in [0.717, 1.165) is 19.4 Å². The first-order chi connectivity index (χ1) is 10.1. The summed E-state index contributed by atoms with van der Waals surface area (Å²) in [7, 11) is 2.10. The maximum atomic E-state index is 11.0. The lowest BCUT2D eigenvalue weighted by Crippen LogP contribution is -2.37. The molecular formula is C15H20N2O4. The Hall–Kier alpha value is -1.95. The minimum absolute atomic E-state index is 0.0994. The number of nitro benzene ring substituents is 1. The van der Waals surface area contributed by atoms with Crippen LogP contribution in [0.25, 0.3) is 0 Å². The van der Waals surface area contributed by atoms with Crippen LogP contribution in [0.2, 0.25) is 0 Å². The van der Waals surface area contributed by atoms with Gasteiger partial charge in [-0.1, -0.05) is 6.42 Å². The fourth-order valence-electron chi connectivity index (χ4n) is 2.68. The van der Waals surface area contributed by atoms with Gasteiger partial charge in [-0.25, -0.2) is 0 Å². The van der Waals surface area contributed by atoms with Gasteiger partial charge in [0.15, 0.2) is 5.75 Å². The largest absolute Gasteiger partial charge is 0.487 e. The fraction of sp³-hybridized carbons (Fsp3) is 0.533. The van der Waals surface area contributed by atoms with Crippen molar-refractivity contribution in [3.63, 3.8) is 0 Å². The van der Waals surface area contributed by atoms with Crippen molar-refractivity contribution in [1.29, 1.82) is 0 Å². The van der Waals surface area contributed by atoms with Gasteiger partial charge in [0.05, 0.1) is 11.5 Å². The molecule has 0 spiro atoms. The van der Waals surface area contributed by atoms with E-state index in [4.69, 9.17) is 4.74 Å². The molecule has 114 valence electrons. The zero-order valence-corrected chi connectivity index (χ0v) is 12.2. The Kier molecular flexibility index (Phi) is 5.27. The van der Waals surface area contributed by atoms with Crippen molar-refractivity contribution in [2.45, 2.75) is 31.7 Å². The summed E-state index contributed by atoms with van der Waals surface area (Å²) in [5.74, 6) is 0.170. The van der Waals surface area contributed by atoms with Crippen LogP contribution in [0.5, 0.6) is 5.75 Å². The maximum Gasteiger partial charge on any atom is 0.310 e. The molecule has 0 amide bonds. The van der Waals surface area contributed by atoms with E-state index < -0.39 is 4.92 Å². The summed E-state index contributed by atoms with van der Waals surface area (Å²) in [6.45, 7) is 1.50. The van der Waals surface area contributed by atoms with Gasteiger partial charge in [-0.2, -0.15) is 0 Å². The van der Waals surface area contributed by atoms with Gasteiger partial charge in [0.2, 0.25) is 0 Å². The van der Waals surface area contributed by atoms with E-state index in [-0.39, 0.29) is 11.4 Å². The Morgan fingerprint density at radius 1 is 1.48 bits per heavy atom. The Morgan fingerprint density at radius 2 is 2.29 bits per heavy atom. The Bertz CT molecular complexity index is 518. The predicted molar refractivity (Wildman–Crippen MR) is 78.9 cm³/mol. The number of rotatable bonds is 6. The lowest BCUT2D eigenvalue weighted by Gasteiger charge is -2.32. The molecule has 1 aromatic carbocycles. The highest BCUT2D eigenvalue weighted by molar-refractivity contribution is 5.76. The number of aldehydes is 1. The normalized spacial score (nSPS) is 19.2. The summed E-state index contributed by atoms with van der Waals surface area (Å²) in [6.07, 6.45) is 5.07. The van der Waals surface area contributed by atoms with Crippen LogP contribution in [-0.4, -0.2) is 42.4 Å². The first-order valence-electron chi connectivity index (χ1n) is 7.18. The molecule has 1 saturated heterocycles. The number of benzene rings is 1. The first-order valence-corrected chi connectivity index (χ1v) is 7.18. The summed E-state index contributed by atoms with van der Waals surface area (Å²) < 4.78 is 5.56. The van der Waals surface area contributed by atoms with Crippen LogP contribution in [0.3, 0.4) is 0 Å². The molecule has 1 fully saturated rings. The molecule has 0 N–H and O–H groups in total. The molecule has 21 heavy (non-hydrogen) atoms. The molecular weight excluding hydrogens is 272 g/mol. The topological polar surface area (TPSA) is 72.7 Å². The number of carbonyl (C=O) groups is 1. The molecule has 2 rings (SSSR count). The second-order valence-corrected chi connectivity index (χ2v) is 5.37. The van der Waals surface area contributed by atoms with Crippen LogP contribution in [0.15, 0.2) is 18.2 Å². The van der Waals surface area contributed by atoms with Gasteiger partial charge in [-0.15, -0.1) is 0 Å². The standard InChI is InChI=1S/C15H20N2O4/c1-16-8-3-2-4-13(16)7-9-21-15-10-12(11-18)5-6-14(15)17(19)20/h5-6,10-11,13H,2-4,7-9H2,1H3. The van der Waals surface area contributed by atoms with Crippen molar-refractivity contribution in [3.05, 3.63) is 33.9 Å². The highest BCUT2D eigenvalue weighted by atomic mass is 16.6. The Labute approximate surface area is 123 Å². The van der Waals surface area contributed by atoms with Crippen molar-refractivity contribution in [3.8, 4) is 5.75 Å². The van der Waals surface area contributed by atoms with Crippen LogP contribution in [0.1, 0.15) is 36.0 Å². The number of nitro groups is 1. The van der Waals surface area contributed by atoms with E-state index >= 15 is 0 Å². The summed E-state index contributed by atoms with van der Waals surface area (Å²) >= 11 is 0. The quantitative estimate of drug-likeness (QED) is 0.458. The zero-order valence-electron chi connectivity index (χ0n) is 12.2. The summed E-state index contributed by atoms with van der Waals surface area (Å²) in [4.78, 5) is 23.6. The number of ether oxygens (including phenoxy) is 1. The molecule has 0 aliphatic carbocycles. The van der Waals surface area contributed by atoms with Crippen molar-refractivity contribution in [1.82, 2.24) is 4.90 Å². The van der Waals surface area contributed by atoms with E-state index in [2.05, 4.69) is 11.9 Å². The highest BCUT2D eigenvalue weighted by Crippen LogP contribution is 2.28. The highest BCUT2D eigenvalue weighted by Gasteiger charge is 2.20. The summed E-state index contributed by atoms with van der Waals surface area (Å²) in [6, 6.07) is 4.63. The van der Waals surface area contributed by atoms with Crippen molar-refractivity contribution >= 4 is 12.0 Å². The number of piperidine rings is 1. The van der Waals surface area contributed by atoms with Gasteiger partial charge in [0.25, 0.3) is 0 Å². The second-order valence-electron chi connectivity index (χ2n) is 5.37. The first kappa shape index (κ1) is 15.4. The minimum atomic E-state index is -0.489. The zero-order chi connectivity index (χ0) is 15.2. The molecule has 0 aromatic heterocycles. The molecule has 1 heterocycles. The average molecular weight is 292 g/mol. The van der Waals surface area contributed by atoms with Gasteiger partial charge in [-0.05, 0) is 45.0 Å². The monoisotopic (exact) mass is 292 g/mol. The summed E-state index contributed by atoms with van der Waals surface area (Å²) in [5, 5.41) is 11.0. The number of nitrogens with zero attached hydrogens (tertiary/aromatic N) is 2. The number of hydrogen-bond donors (Lipinski definition) is 0. The molecule has 0 saturated carbocycles. The molecule has 0 radical (unpaired) electrons. The third kappa shape index (κ3) is 4.01. The van der Waals surface area contributed by atoms with Crippen LogP contribution >= 0.6 is 0 Å². The fourth-order valence-corrected chi connectivity index (χ4v) is 2.68. The summed E-state index contributed by atoms with van der Waals surface area (Å²) in [5.41, 5.74) is 0.281. The molecule has 0 bridgehead atoms. The molecule has 1 atom stereocenters. The number of hydrogen-bond acceptors (Lipinski definition) is 5. The Morgan fingerprint density at radius 3 is 2.95 bits per heavy atom. The van der Waals surface area contributed by atoms with Gasteiger partial charge in [0, 0.05) is 17.7 Å². The van der Waals surface area contributed by atoms with E-state index in [9.17, 15) is 14.9 Å². The Balaban J connectivity index is 1.98. The van der Waals surface area contributed by atoms with E-state index in [1.807, 2.05) is 0 Å². The van der Waals surface area contributed by atoms with E-state index in [1.54, 1.807) is 0 Å². The lowest BCUT2D eigenvalue weighted by molar-refractivity contribution is -0.385. The van der Waals surface area contributed by atoms with E-state index in [0.29, 0.717) is 24.5 Å². The number of likely N-dealkylation sites (tertiary alicyclic amines) is 1. The van der Waals surface area contributed by atoms with Crippen LogP contribution in [-0.2, 0) is 0 Å². The third-order valence-electron chi connectivity index (χ3n) is 3.95. The molecule has 1 aliphatic heterocycles. The van der Waals surface area contributed by atoms with E-state index in [1.165, 1.54) is 31.0 Å². The van der Waals surface area contributed by atoms with Crippen LogP contribution in [0.4, 0.5) is 5.69 Å². The van der Waals surface area contributed by atoms with Gasteiger partial charge < -0.3 is 9.64 Å². The smallest absolute Gasteiger partial charge is 0.310 e. The van der Waals surface area contributed by atoms with Crippen molar-refractivity contribution in [2.75, 3.05) is 20.2 Å². The average Bonchev–Trinajstić information content (AvgIpc) is 2.48. The van der Waals surface area contributed by atoms with Gasteiger partial charge in [-0.3, -0.25) is 14.9 Å². The molecule has 6 nitrogen and oxygen atoms in total. The van der Waals surface area contributed by atoms with Gasteiger partial charge in [0.1, 0.15) is 6.29 Å². The van der Waals surface area contributed by atoms with Gasteiger partial charge >= 0.3 is 5.69 Å². The molecule has 1 unspecified atom stereocenters. The second kappa shape index (κ2) is 7.17. The van der Waals surface area contributed by atoms with Crippen LogP contribution in [0, 0.1) is 10.1 Å². The predicted octanol–water partition coefficient (Wildman–Crippen LogP) is 2.66. The van der Waals surface area contributed by atoms with Crippen LogP contribution < -0.4 is 4.74 Å². The minimum Gasteiger partial charge on any atom is -0.487 e. The number of carbonyl (C=O) groups excluding carboxylic acids is 1. The SMILES string of the molecule is CN1CCCCC1CCOc1cc(C=O)ccc1[N+](=O)[O-]. The van der Waals surface area contributed by atoms with Crippen molar-refractivity contribution < 1.29 is 14.5 Å².